The molecule has 2 aromatic rings. The molecule has 0 saturated carbocycles. The van der Waals surface area contributed by atoms with Crippen molar-refractivity contribution in [2.45, 2.75) is 25.7 Å². The second-order valence-electron chi connectivity index (χ2n) is 5.47. The van der Waals surface area contributed by atoms with E-state index in [1.165, 1.54) is 18.4 Å². The smallest absolute Gasteiger partial charge is 0.227 e. The van der Waals surface area contributed by atoms with Crippen molar-refractivity contribution >= 4 is 11.6 Å². The molecule has 2 N–H and O–H groups in total. The Morgan fingerprint density at radius 2 is 2.00 bits per heavy atom. The van der Waals surface area contributed by atoms with Crippen LogP contribution in [0.25, 0.3) is 0 Å². The number of aromatic nitrogens is 2. The van der Waals surface area contributed by atoms with E-state index in [2.05, 4.69) is 44.9 Å². The van der Waals surface area contributed by atoms with E-state index in [9.17, 15) is 0 Å². The molecule has 1 atom stereocenters. The predicted octanol–water partition coefficient (Wildman–Crippen LogP) is 3.09. The number of hydrogen-bond acceptors (Lipinski definition) is 5. The van der Waals surface area contributed by atoms with Crippen molar-refractivity contribution in [2.24, 2.45) is 0 Å². The summed E-state index contributed by atoms with van der Waals surface area (Å²) in [7, 11) is 0. The number of rotatable bonds is 5. The third-order valence-corrected chi connectivity index (χ3v) is 3.87. The monoisotopic (exact) mass is 298 g/mol. The molecule has 0 spiro atoms. The van der Waals surface area contributed by atoms with Crippen LogP contribution in [0.4, 0.5) is 11.6 Å². The summed E-state index contributed by atoms with van der Waals surface area (Å²) in [5.41, 5.74) is 2.39. The van der Waals surface area contributed by atoms with Gasteiger partial charge in [0.15, 0.2) is 5.75 Å². The van der Waals surface area contributed by atoms with Gasteiger partial charge >= 0.3 is 0 Å². The lowest BCUT2D eigenvalue weighted by Crippen LogP contribution is -2.28. The fourth-order valence-electron chi connectivity index (χ4n) is 2.73. The zero-order valence-corrected chi connectivity index (χ0v) is 12.9. The average molecular weight is 298 g/mol. The molecule has 0 amide bonds. The Hall–Kier alpha value is -2.14. The summed E-state index contributed by atoms with van der Waals surface area (Å²) < 4.78 is 5.34. The Morgan fingerprint density at radius 3 is 2.64 bits per heavy atom. The molecule has 1 aromatic carbocycles. The Bertz CT molecular complexity index is 577. The Morgan fingerprint density at radius 1 is 1.23 bits per heavy atom. The molecule has 1 aliphatic rings. The highest BCUT2D eigenvalue weighted by atomic mass is 16.5. The Labute approximate surface area is 131 Å². The molecule has 0 bridgehead atoms. The number of benzene rings is 1. The van der Waals surface area contributed by atoms with Crippen LogP contribution >= 0.6 is 0 Å². The Balaban J connectivity index is 1.62. The van der Waals surface area contributed by atoms with Crippen LogP contribution in [0.3, 0.4) is 0 Å². The van der Waals surface area contributed by atoms with Gasteiger partial charge in [-0.1, -0.05) is 12.1 Å². The third kappa shape index (κ3) is 3.74. The molecule has 22 heavy (non-hydrogen) atoms. The minimum Gasteiger partial charge on any atom is -0.491 e. The van der Waals surface area contributed by atoms with Crippen molar-refractivity contribution in [3.63, 3.8) is 0 Å². The SMILES string of the molecule is CCOc1cnc(Nc2ccc(C3CCCNC3)cc2)nc1. The summed E-state index contributed by atoms with van der Waals surface area (Å²) in [6.07, 6.45) is 5.88. The van der Waals surface area contributed by atoms with Gasteiger partial charge in [-0.05, 0) is 49.9 Å². The molecule has 1 aromatic heterocycles. The van der Waals surface area contributed by atoms with Crippen molar-refractivity contribution < 1.29 is 4.74 Å². The number of hydrogen-bond donors (Lipinski definition) is 2. The maximum absolute atomic E-state index is 5.34. The van der Waals surface area contributed by atoms with Crippen LogP contribution in [-0.2, 0) is 0 Å². The van der Waals surface area contributed by atoms with E-state index in [0.717, 1.165) is 18.8 Å². The second kappa shape index (κ2) is 7.22. The standard InChI is InChI=1S/C17H22N4O/c1-2-22-16-11-19-17(20-12-16)21-15-7-5-13(6-8-15)14-4-3-9-18-10-14/h5-8,11-12,14,18H,2-4,9-10H2,1H3,(H,19,20,21). The zero-order chi connectivity index (χ0) is 15.2. The van der Waals surface area contributed by atoms with Gasteiger partial charge < -0.3 is 15.4 Å². The fourth-order valence-corrected chi connectivity index (χ4v) is 2.73. The van der Waals surface area contributed by atoms with Gasteiger partial charge in [0.2, 0.25) is 5.95 Å². The largest absolute Gasteiger partial charge is 0.491 e. The van der Waals surface area contributed by atoms with Crippen LogP contribution in [0, 0.1) is 0 Å². The molecule has 3 rings (SSSR count). The van der Waals surface area contributed by atoms with Crippen molar-refractivity contribution in [3.8, 4) is 5.75 Å². The molecule has 0 aliphatic carbocycles. The highest BCUT2D eigenvalue weighted by Gasteiger charge is 2.14. The zero-order valence-electron chi connectivity index (χ0n) is 12.9. The molecule has 5 heteroatoms. The molecule has 1 saturated heterocycles. The highest BCUT2D eigenvalue weighted by Crippen LogP contribution is 2.25. The van der Waals surface area contributed by atoms with Gasteiger partial charge in [-0.2, -0.15) is 0 Å². The van der Waals surface area contributed by atoms with Gasteiger partial charge in [0.05, 0.1) is 19.0 Å². The van der Waals surface area contributed by atoms with Crippen molar-refractivity contribution in [3.05, 3.63) is 42.2 Å². The fraction of sp³-hybridized carbons (Fsp3) is 0.412. The number of nitrogens with zero attached hydrogens (tertiary/aromatic N) is 2. The van der Waals surface area contributed by atoms with Crippen LogP contribution in [0.1, 0.15) is 31.2 Å². The van der Waals surface area contributed by atoms with Gasteiger partial charge in [-0.25, -0.2) is 9.97 Å². The summed E-state index contributed by atoms with van der Waals surface area (Å²) >= 11 is 0. The molecule has 1 unspecified atom stereocenters. The van der Waals surface area contributed by atoms with E-state index in [0.29, 0.717) is 24.2 Å². The first kappa shape index (κ1) is 14.8. The van der Waals surface area contributed by atoms with E-state index in [-0.39, 0.29) is 0 Å². The lowest BCUT2D eigenvalue weighted by atomic mass is 9.92. The van der Waals surface area contributed by atoms with E-state index in [4.69, 9.17) is 4.74 Å². The van der Waals surface area contributed by atoms with Gasteiger partial charge in [0, 0.05) is 12.2 Å². The number of anilines is 2. The van der Waals surface area contributed by atoms with E-state index in [1.54, 1.807) is 12.4 Å². The van der Waals surface area contributed by atoms with Gasteiger partial charge in [-0.15, -0.1) is 0 Å². The summed E-state index contributed by atoms with van der Waals surface area (Å²) in [5.74, 6) is 1.90. The van der Waals surface area contributed by atoms with Crippen molar-refractivity contribution in [1.82, 2.24) is 15.3 Å². The minimum absolute atomic E-state index is 0.579. The summed E-state index contributed by atoms with van der Waals surface area (Å²) in [6, 6.07) is 8.55. The molecular weight excluding hydrogens is 276 g/mol. The minimum atomic E-state index is 0.579. The normalized spacial score (nSPS) is 18.0. The van der Waals surface area contributed by atoms with Crippen molar-refractivity contribution in [1.29, 1.82) is 0 Å². The lowest BCUT2D eigenvalue weighted by molar-refractivity contribution is 0.337. The van der Waals surface area contributed by atoms with Crippen molar-refractivity contribution in [2.75, 3.05) is 25.0 Å². The average Bonchev–Trinajstić information content (AvgIpc) is 2.58. The first-order valence-corrected chi connectivity index (χ1v) is 7.87. The maximum Gasteiger partial charge on any atom is 0.227 e. The van der Waals surface area contributed by atoms with E-state index >= 15 is 0 Å². The van der Waals surface area contributed by atoms with Crippen LogP contribution in [0.2, 0.25) is 0 Å². The van der Waals surface area contributed by atoms with E-state index in [1.807, 2.05) is 6.92 Å². The Kier molecular flexibility index (Phi) is 4.85. The summed E-state index contributed by atoms with van der Waals surface area (Å²) in [4.78, 5) is 8.50. The maximum atomic E-state index is 5.34. The topological polar surface area (TPSA) is 59.1 Å². The molecule has 5 nitrogen and oxygen atoms in total. The first-order chi connectivity index (χ1) is 10.8. The highest BCUT2D eigenvalue weighted by molar-refractivity contribution is 5.53. The number of piperidine rings is 1. The first-order valence-electron chi connectivity index (χ1n) is 7.87. The number of ether oxygens (including phenoxy) is 1. The van der Waals surface area contributed by atoms with Crippen LogP contribution in [0.15, 0.2) is 36.7 Å². The van der Waals surface area contributed by atoms with Gasteiger partial charge in [0.25, 0.3) is 0 Å². The lowest BCUT2D eigenvalue weighted by Gasteiger charge is -2.23. The molecule has 1 aliphatic heterocycles. The quantitative estimate of drug-likeness (QED) is 0.888. The summed E-state index contributed by atoms with van der Waals surface area (Å²) in [6.45, 7) is 4.78. The van der Waals surface area contributed by atoms with E-state index < -0.39 is 0 Å². The van der Waals surface area contributed by atoms with Crippen LogP contribution in [-0.4, -0.2) is 29.7 Å². The molecule has 116 valence electrons. The second-order valence-corrected chi connectivity index (χ2v) is 5.47. The summed E-state index contributed by atoms with van der Waals surface area (Å²) in [5, 5.41) is 6.67. The molecular formula is C17H22N4O. The molecule has 0 radical (unpaired) electrons. The molecule has 2 heterocycles. The van der Waals surface area contributed by atoms with Gasteiger partial charge in [-0.3, -0.25) is 0 Å². The predicted molar refractivity (Wildman–Crippen MR) is 87.8 cm³/mol. The van der Waals surface area contributed by atoms with Gasteiger partial charge in [0.1, 0.15) is 0 Å². The molecule has 1 fully saturated rings. The number of nitrogens with one attached hydrogen (secondary N) is 2. The van der Waals surface area contributed by atoms with Crippen LogP contribution in [0.5, 0.6) is 5.75 Å². The third-order valence-electron chi connectivity index (χ3n) is 3.87. The van der Waals surface area contributed by atoms with Crippen LogP contribution < -0.4 is 15.4 Å².